The van der Waals surface area contributed by atoms with Gasteiger partial charge in [0, 0.05) is 24.0 Å². The van der Waals surface area contributed by atoms with Gasteiger partial charge >= 0.3 is 0 Å². The van der Waals surface area contributed by atoms with Crippen LogP contribution in [0, 0.1) is 6.57 Å². The number of phenolic OH excluding ortho intramolecular Hbond substituents is 1. The summed E-state index contributed by atoms with van der Waals surface area (Å²) in [5, 5.41) is 27.6. The van der Waals surface area contributed by atoms with Crippen LogP contribution in [0.3, 0.4) is 0 Å². The summed E-state index contributed by atoms with van der Waals surface area (Å²) in [5.74, 6) is -0.613. The molecule has 2 N–H and O–H groups in total. The number of amides is 1. The number of carbonyl (C=O) groups excluding carboxylic acids is 1. The number of phenols is 1. The maximum atomic E-state index is 13.0. The number of pyridine rings is 1. The van der Waals surface area contributed by atoms with Crippen LogP contribution in [0.15, 0.2) is 89.7 Å². The van der Waals surface area contributed by atoms with Crippen LogP contribution in [0.2, 0.25) is 0 Å². The van der Waals surface area contributed by atoms with Crippen LogP contribution in [0.1, 0.15) is 10.4 Å². The molecule has 5 rings (SSSR count). The minimum atomic E-state index is -0.540. The van der Waals surface area contributed by atoms with E-state index in [0.29, 0.717) is 16.5 Å². The summed E-state index contributed by atoms with van der Waals surface area (Å²) in [6.45, 7) is 7.44. The van der Waals surface area contributed by atoms with E-state index in [4.69, 9.17) is 6.57 Å². The second kappa shape index (κ2) is 9.16. The molecule has 0 radical (unpaired) electrons. The second-order valence-electron chi connectivity index (χ2n) is 7.16. The zero-order chi connectivity index (χ0) is 24.2. The van der Waals surface area contributed by atoms with Gasteiger partial charge in [-0.25, -0.2) is 14.8 Å². The average molecular weight is 461 g/mol. The minimum absolute atomic E-state index is 0.00630. The number of aromatic hydroxyl groups is 1. The van der Waals surface area contributed by atoms with Gasteiger partial charge in [0.25, 0.3) is 17.5 Å². The molecule has 0 saturated carbocycles. The third-order valence-electron chi connectivity index (χ3n) is 4.99. The number of hydrogen-bond acceptors (Lipinski definition) is 8. The highest BCUT2D eigenvalue weighted by atomic mass is 16.3. The lowest BCUT2D eigenvalue weighted by Gasteiger charge is -2.11. The first kappa shape index (κ1) is 21.4. The Bertz CT molecular complexity index is 1610. The van der Waals surface area contributed by atoms with E-state index in [1.807, 2.05) is 6.07 Å². The molecule has 0 fully saturated rings. The molecule has 0 unspecified atom stereocenters. The van der Waals surface area contributed by atoms with Crippen molar-refractivity contribution >= 4 is 39.6 Å². The van der Waals surface area contributed by atoms with E-state index in [0.717, 1.165) is 0 Å². The maximum Gasteiger partial charge on any atom is 0.259 e. The van der Waals surface area contributed by atoms with Crippen molar-refractivity contribution in [2.45, 2.75) is 0 Å². The molecule has 3 aromatic heterocycles. The zero-order valence-corrected chi connectivity index (χ0v) is 17.9. The standard InChI is InChI=1S/C24H15N9O2/c1-25-19-14-29-33(24-27-10-5-11-28-24)22(19)32-31-20-17-8-3-2-6-15(17)12-18(21(20)34)23(35)30-16-7-4-9-26-13-16/h2-14,34H,(H,30,35)/b32-31+. The number of nitrogens with one attached hydrogen (secondary N) is 1. The normalized spacial score (nSPS) is 10.9. The quantitative estimate of drug-likeness (QED) is 0.275. The van der Waals surface area contributed by atoms with E-state index in [1.165, 1.54) is 29.5 Å². The molecule has 1 amide bonds. The molecule has 0 aliphatic carbocycles. The number of fused-ring (bicyclic) bond motifs is 1. The number of benzene rings is 2. The molecule has 168 valence electrons. The van der Waals surface area contributed by atoms with Gasteiger partial charge in [-0.05, 0) is 29.7 Å². The van der Waals surface area contributed by atoms with E-state index in [2.05, 4.69) is 40.4 Å². The number of azo groups is 1. The van der Waals surface area contributed by atoms with Crippen molar-refractivity contribution in [3.63, 3.8) is 0 Å². The Morgan fingerprint density at radius 3 is 2.63 bits per heavy atom. The molecule has 0 aliphatic heterocycles. The van der Waals surface area contributed by atoms with Crippen LogP contribution in [0.5, 0.6) is 5.75 Å². The van der Waals surface area contributed by atoms with Gasteiger partial charge in [0.05, 0.1) is 30.2 Å². The molecule has 5 aromatic rings. The van der Waals surface area contributed by atoms with Gasteiger partial charge in [-0.1, -0.05) is 24.3 Å². The lowest BCUT2D eigenvalue weighted by molar-refractivity contribution is 0.102. The number of rotatable bonds is 5. The number of carbonyl (C=O) groups is 1. The predicted molar refractivity (Wildman–Crippen MR) is 127 cm³/mol. The molecule has 35 heavy (non-hydrogen) atoms. The first-order valence-electron chi connectivity index (χ1n) is 10.3. The van der Waals surface area contributed by atoms with E-state index >= 15 is 0 Å². The summed E-state index contributed by atoms with van der Waals surface area (Å²) in [5.41, 5.74) is 0.668. The molecule has 3 heterocycles. The van der Waals surface area contributed by atoms with Crippen molar-refractivity contribution in [1.82, 2.24) is 24.7 Å². The van der Waals surface area contributed by atoms with Gasteiger partial charge < -0.3 is 10.4 Å². The Balaban J connectivity index is 1.61. The Labute approximate surface area is 198 Å². The molecule has 0 atom stereocenters. The number of aromatic nitrogens is 5. The van der Waals surface area contributed by atoms with Gasteiger partial charge in [0.15, 0.2) is 11.6 Å². The highest BCUT2D eigenvalue weighted by molar-refractivity contribution is 6.11. The lowest BCUT2D eigenvalue weighted by Crippen LogP contribution is -2.12. The largest absolute Gasteiger partial charge is 0.505 e. The fourth-order valence-electron chi connectivity index (χ4n) is 3.38. The molecular formula is C24H15N9O2. The average Bonchev–Trinajstić information content (AvgIpc) is 3.32. The van der Waals surface area contributed by atoms with Gasteiger partial charge in [-0.15, -0.1) is 10.2 Å². The fraction of sp³-hybridized carbons (Fsp3) is 0. The van der Waals surface area contributed by atoms with E-state index < -0.39 is 5.91 Å². The summed E-state index contributed by atoms with van der Waals surface area (Å²) in [4.78, 5) is 28.6. The summed E-state index contributed by atoms with van der Waals surface area (Å²) < 4.78 is 1.27. The third-order valence-corrected chi connectivity index (χ3v) is 4.99. The van der Waals surface area contributed by atoms with Crippen LogP contribution in [-0.4, -0.2) is 35.7 Å². The fourth-order valence-corrected chi connectivity index (χ4v) is 3.38. The highest BCUT2D eigenvalue weighted by Gasteiger charge is 2.20. The van der Waals surface area contributed by atoms with Crippen molar-refractivity contribution in [1.29, 1.82) is 0 Å². The molecule has 0 bridgehead atoms. The molecule has 0 saturated heterocycles. The van der Waals surface area contributed by atoms with Crippen LogP contribution in [-0.2, 0) is 0 Å². The second-order valence-corrected chi connectivity index (χ2v) is 7.16. The number of anilines is 1. The monoisotopic (exact) mass is 461 g/mol. The van der Waals surface area contributed by atoms with Crippen LogP contribution in [0.4, 0.5) is 22.9 Å². The van der Waals surface area contributed by atoms with Gasteiger partial charge in [-0.2, -0.15) is 9.78 Å². The maximum absolute atomic E-state index is 13.0. The van der Waals surface area contributed by atoms with Crippen molar-refractivity contribution in [3.05, 3.63) is 96.5 Å². The number of nitrogens with zero attached hydrogens (tertiary/aromatic N) is 8. The van der Waals surface area contributed by atoms with Crippen molar-refractivity contribution < 1.29 is 9.90 Å². The summed E-state index contributed by atoms with van der Waals surface area (Å²) in [7, 11) is 0. The SMILES string of the molecule is [C-]#[N+]c1cnn(-c2ncccn2)c1/N=N/c1c(O)c(C(=O)Nc2cccnc2)cc2ccccc12. The smallest absolute Gasteiger partial charge is 0.259 e. The minimum Gasteiger partial charge on any atom is -0.505 e. The summed E-state index contributed by atoms with van der Waals surface area (Å²) in [6.07, 6.45) is 7.48. The molecule has 11 heteroatoms. The van der Waals surface area contributed by atoms with Crippen LogP contribution in [0.25, 0.3) is 21.6 Å². The van der Waals surface area contributed by atoms with Gasteiger partial charge in [-0.3, -0.25) is 9.78 Å². The molecule has 0 aliphatic rings. The number of hydrogen-bond donors (Lipinski definition) is 2. The summed E-state index contributed by atoms with van der Waals surface area (Å²) in [6, 6.07) is 13.7. The topological polar surface area (TPSA) is 135 Å². The zero-order valence-electron chi connectivity index (χ0n) is 17.9. The van der Waals surface area contributed by atoms with Gasteiger partial charge in [0.1, 0.15) is 5.69 Å². The van der Waals surface area contributed by atoms with Crippen molar-refractivity contribution in [2.75, 3.05) is 5.32 Å². The van der Waals surface area contributed by atoms with Crippen LogP contribution < -0.4 is 5.32 Å². The van der Waals surface area contributed by atoms with Crippen molar-refractivity contribution in [3.8, 4) is 11.7 Å². The Morgan fingerprint density at radius 1 is 1.03 bits per heavy atom. The predicted octanol–water partition coefficient (Wildman–Crippen LogP) is 5.13. The van der Waals surface area contributed by atoms with Gasteiger partial charge in [0.2, 0.25) is 0 Å². The third kappa shape index (κ3) is 4.14. The molecular weight excluding hydrogens is 446 g/mol. The van der Waals surface area contributed by atoms with Crippen molar-refractivity contribution in [2.24, 2.45) is 10.2 Å². The van der Waals surface area contributed by atoms with E-state index in [-0.39, 0.29) is 34.5 Å². The van der Waals surface area contributed by atoms with E-state index in [9.17, 15) is 9.90 Å². The summed E-state index contributed by atoms with van der Waals surface area (Å²) >= 11 is 0. The molecule has 0 spiro atoms. The Morgan fingerprint density at radius 2 is 1.86 bits per heavy atom. The molecule has 2 aromatic carbocycles. The highest BCUT2D eigenvalue weighted by Crippen LogP contribution is 2.40. The first-order chi connectivity index (χ1) is 17.2. The van der Waals surface area contributed by atoms with E-state index in [1.54, 1.807) is 48.7 Å². The van der Waals surface area contributed by atoms with Crippen LogP contribution >= 0.6 is 0 Å². The lowest BCUT2D eigenvalue weighted by atomic mass is 10.0. The Hall–Kier alpha value is -5.50. The first-order valence-corrected chi connectivity index (χ1v) is 10.3. The Kier molecular flexibility index (Phi) is 5.59. The molecule has 11 nitrogen and oxygen atoms in total.